The largest absolute Gasteiger partial charge is 0.480 e. The number of carboxylic acids is 1. The topological polar surface area (TPSA) is 70.8 Å². The van der Waals surface area contributed by atoms with Gasteiger partial charge >= 0.3 is 5.97 Å². The van der Waals surface area contributed by atoms with E-state index in [1.807, 2.05) is 6.26 Å². The van der Waals surface area contributed by atoms with Crippen LogP contribution in [0, 0.1) is 0 Å². The zero-order valence-electron chi connectivity index (χ0n) is 15.1. The summed E-state index contributed by atoms with van der Waals surface area (Å²) in [5.74, 6) is 0.0181. The molecule has 1 amide bonds. The van der Waals surface area contributed by atoms with Crippen LogP contribution in [0.4, 0.5) is 0 Å². The van der Waals surface area contributed by atoms with Crippen molar-refractivity contribution in [3.05, 3.63) is 51.0 Å². The maximum atomic E-state index is 12.8. The highest BCUT2D eigenvalue weighted by molar-refractivity contribution is 8.26. The predicted molar refractivity (Wildman–Crippen MR) is 124 cm³/mol. The highest BCUT2D eigenvalue weighted by Crippen LogP contribution is 2.37. The van der Waals surface area contributed by atoms with Gasteiger partial charge in [-0.15, -0.1) is 0 Å². The van der Waals surface area contributed by atoms with Gasteiger partial charge in [-0.25, -0.2) is 4.79 Å². The third-order valence-electron chi connectivity index (χ3n) is 4.11. The van der Waals surface area contributed by atoms with E-state index >= 15 is 0 Å². The minimum atomic E-state index is -1.08. The Morgan fingerprint density at radius 3 is 2.83 bits per heavy atom. The summed E-state index contributed by atoms with van der Waals surface area (Å²) < 4.78 is 6.01. The number of amides is 1. The van der Waals surface area contributed by atoms with Gasteiger partial charge in [0.1, 0.15) is 21.9 Å². The first-order valence-corrected chi connectivity index (χ1v) is 11.7. The molecule has 0 saturated carbocycles. The van der Waals surface area contributed by atoms with E-state index in [1.54, 1.807) is 36.4 Å². The number of nitrogens with zero attached hydrogens (tertiary/aromatic N) is 1. The quantitative estimate of drug-likeness (QED) is 0.398. The highest BCUT2D eigenvalue weighted by atomic mass is 35.5. The molecular weight excluding hydrogens is 473 g/mol. The molecule has 1 N–H and O–H groups in total. The summed E-state index contributed by atoms with van der Waals surface area (Å²) in [4.78, 5) is 25.9. The van der Waals surface area contributed by atoms with E-state index in [9.17, 15) is 14.7 Å². The lowest BCUT2D eigenvalue weighted by molar-refractivity contribution is -0.145. The van der Waals surface area contributed by atoms with E-state index in [4.69, 9.17) is 39.8 Å². The van der Waals surface area contributed by atoms with Gasteiger partial charge in [0.25, 0.3) is 5.91 Å². The van der Waals surface area contributed by atoms with Gasteiger partial charge in [-0.05, 0) is 48.8 Å². The smallest absolute Gasteiger partial charge is 0.326 e. The molecule has 1 aliphatic rings. The Bertz CT molecular complexity index is 1010. The number of thioether (sulfide) groups is 2. The monoisotopic (exact) mass is 487 g/mol. The molecular formula is C19H15Cl2NO4S3. The van der Waals surface area contributed by atoms with Crippen LogP contribution in [-0.4, -0.2) is 44.3 Å². The number of rotatable bonds is 7. The molecule has 0 bridgehead atoms. The average molecular weight is 488 g/mol. The van der Waals surface area contributed by atoms with Crippen molar-refractivity contribution in [1.82, 2.24) is 4.90 Å². The number of thiocarbonyl (C=S) groups is 1. The first-order chi connectivity index (χ1) is 13.8. The van der Waals surface area contributed by atoms with Crippen LogP contribution in [0.5, 0.6) is 0 Å². The van der Waals surface area contributed by atoms with Crippen LogP contribution in [0.15, 0.2) is 39.7 Å². The summed E-state index contributed by atoms with van der Waals surface area (Å²) in [6, 6.07) is 7.48. The third kappa shape index (κ3) is 5.00. The second-order valence-electron chi connectivity index (χ2n) is 6.01. The van der Waals surface area contributed by atoms with Crippen molar-refractivity contribution in [2.24, 2.45) is 0 Å². The lowest BCUT2D eigenvalue weighted by Crippen LogP contribution is -2.44. The molecule has 2 aromatic rings. The normalized spacial score (nSPS) is 16.7. The van der Waals surface area contributed by atoms with Crippen LogP contribution in [-0.2, 0) is 9.59 Å². The predicted octanol–water partition coefficient (Wildman–Crippen LogP) is 5.66. The summed E-state index contributed by atoms with van der Waals surface area (Å²) >= 11 is 20.1. The van der Waals surface area contributed by atoms with Crippen LogP contribution in [0.3, 0.4) is 0 Å². The standard InChI is InChI=1S/C19H15Cl2NO4S3/c1-28-7-6-14(18(24)25)22-17(23)16(29-19(22)27)9-11-3-5-15(26-11)12-8-10(20)2-4-13(12)21/h2-5,8-9,14H,6-7H2,1H3,(H,24,25)/b16-9-/t14-/m0/s1. The number of hydrogen-bond acceptors (Lipinski definition) is 6. The Morgan fingerprint density at radius 1 is 1.38 bits per heavy atom. The van der Waals surface area contributed by atoms with Gasteiger partial charge in [-0.2, -0.15) is 11.8 Å². The SMILES string of the molecule is CSCC[C@@H](C(=O)O)N1C(=O)/C(=C/c2ccc(-c3cc(Cl)ccc3Cl)o2)SC1=S. The fourth-order valence-corrected chi connectivity index (χ4v) is 4.91. The van der Waals surface area contributed by atoms with Crippen molar-refractivity contribution in [2.45, 2.75) is 12.5 Å². The zero-order chi connectivity index (χ0) is 21.1. The fraction of sp³-hybridized carbons (Fsp3) is 0.211. The molecule has 5 nitrogen and oxygen atoms in total. The zero-order valence-corrected chi connectivity index (χ0v) is 19.0. The van der Waals surface area contributed by atoms with E-state index < -0.39 is 17.9 Å². The first-order valence-electron chi connectivity index (χ1n) is 8.36. The molecule has 29 heavy (non-hydrogen) atoms. The average Bonchev–Trinajstić information content (AvgIpc) is 3.23. The maximum absolute atomic E-state index is 12.8. The number of hydrogen-bond donors (Lipinski definition) is 1. The Hall–Kier alpha value is -1.45. The third-order valence-corrected chi connectivity index (χ3v) is 6.65. The van der Waals surface area contributed by atoms with Gasteiger partial charge in [0.05, 0.1) is 9.93 Å². The molecule has 1 saturated heterocycles. The van der Waals surface area contributed by atoms with Crippen molar-refractivity contribution in [3.63, 3.8) is 0 Å². The van der Waals surface area contributed by atoms with Crippen LogP contribution < -0.4 is 0 Å². The van der Waals surface area contributed by atoms with Crippen molar-refractivity contribution < 1.29 is 19.1 Å². The van der Waals surface area contributed by atoms with Crippen LogP contribution in [0.1, 0.15) is 12.2 Å². The van der Waals surface area contributed by atoms with Gasteiger partial charge in [-0.1, -0.05) is 47.2 Å². The lowest BCUT2D eigenvalue weighted by atomic mass is 10.2. The number of aliphatic carboxylic acids is 1. The van der Waals surface area contributed by atoms with Crippen LogP contribution in [0.25, 0.3) is 17.4 Å². The number of carbonyl (C=O) groups excluding carboxylic acids is 1. The Kier molecular flexibility index (Phi) is 7.34. The molecule has 2 heterocycles. The molecule has 10 heteroatoms. The number of furan rings is 1. The summed E-state index contributed by atoms with van der Waals surface area (Å²) in [7, 11) is 0. The lowest BCUT2D eigenvalue weighted by Gasteiger charge is -2.22. The summed E-state index contributed by atoms with van der Waals surface area (Å²) in [5.41, 5.74) is 0.634. The fourth-order valence-electron chi connectivity index (χ4n) is 2.73. The van der Waals surface area contributed by atoms with Gasteiger partial charge in [0.15, 0.2) is 0 Å². The van der Waals surface area contributed by atoms with Crippen molar-refractivity contribution >= 4 is 81.2 Å². The van der Waals surface area contributed by atoms with E-state index in [0.29, 0.717) is 44.2 Å². The minimum absolute atomic E-state index is 0.222. The molecule has 1 aromatic heterocycles. The van der Waals surface area contributed by atoms with Gasteiger partial charge in [-0.3, -0.25) is 9.69 Å². The van der Waals surface area contributed by atoms with Gasteiger partial charge in [0.2, 0.25) is 0 Å². The number of carbonyl (C=O) groups is 2. The number of halogens is 2. The molecule has 1 aromatic carbocycles. The molecule has 3 rings (SSSR count). The van der Waals surface area contributed by atoms with E-state index in [1.165, 1.54) is 16.7 Å². The van der Waals surface area contributed by atoms with E-state index in [-0.39, 0.29) is 4.32 Å². The van der Waals surface area contributed by atoms with Gasteiger partial charge < -0.3 is 9.52 Å². The second kappa shape index (κ2) is 9.57. The summed E-state index contributed by atoms with van der Waals surface area (Å²) in [6.45, 7) is 0. The molecule has 0 unspecified atom stereocenters. The Morgan fingerprint density at radius 2 is 2.14 bits per heavy atom. The molecule has 0 aliphatic carbocycles. The number of carboxylic acid groups (broad SMARTS) is 1. The van der Waals surface area contributed by atoms with Crippen molar-refractivity contribution in [2.75, 3.05) is 12.0 Å². The highest BCUT2D eigenvalue weighted by Gasteiger charge is 2.40. The maximum Gasteiger partial charge on any atom is 0.326 e. The summed E-state index contributed by atoms with van der Waals surface area (Å²) in [5, 5.41) is 10.5. The van der Waals surface area contributed by atoms with Crippen molar-refractivity contribution in [1.29, 1.82) is 0 Å². The molecule has 0 spiro atoms. The summed E-state index contributed by atoms with van der Waals surface area (Å²) in [6.07, 6.45) is 3.74. The number of benzene rings is 1. The Labute approximate surface area is 191 Å². The molecule has 1 atom stereocenters. The molecule has 1 aliphatic heterocycles. The molecule has 0 radical (unpaired) electrons. The van der Waals surface area contributed by atoms with Gasteiger partial charge in [0, 0.05) is 16.7 Å². The first kappa shape index (κ1) is 22.2. The van der Waals surface area contributed by atoms with Crippen LogP contribution >= 0.6 is 58.9 Å². The molecule has 152 valence electrons. The second-order valence-corrected chi connectivity index (χ2v) is 9.52. The minimum Gasteiger partial charge on any atom is -0.480 e. The van der Waals surface area contributed by atoms with E-state index in [0.717, 1.165) is 11.8 Å². The molecule has 1 fully saturated rings. The Balaban J connectivity index is 1.85. The van der Waals surface area contributed by atoms with Crippen molar-refractivity contribution in [3.8, 4) is 11.3 Å². The van der Waals surface area contributed by atoms with E-state index in [2.05, 4.69) is 0 Å². The van der Waals surface area contributed by atoms with Crippen LogP contribution in [0.2, 0.25) is 10.0 Å².